The van der Waals surface area contributed by atoms with E-state index in [0.29, 0.717) is 11.6 Å². The molecule has 156 valence electrons. The van der Waals surface area contributed by atoms with E-state index in [1.54, 1.807) is 4.68 Å². The number of aromatic nitrogens is 4. The van der Waals surface area contributed by atoms with Crippen LogP contribution in [0.4, 0.5) is 0 Å². The van der Waals surface area contributed by atoms with Crippen molar-refractivity contribution in [2.45, 2.75) is 38.8 Å². The Labute approximate surface area is 176 Å². The van der Waals surface area contributed by atoms with Crippen molar-refractivity contribution in [2.75, 3.05) is 19.6 Å². The number of carbonyl (C=O) groups is 1. The largest absolute Gasteiger partial charge is 0.337 e. The SMILES string of the molecule is Cc1cc(C(=O)N2CCC(c3n[nH]c4c3CN(Cc3ccccc3)CC4)C2)n(C)n1. The average molecular weight is 405 g/mol. The molecule has 3 aromatic rings. The minimum atomic E-state index is 0.0655. The molecule has 0 bridgehead atoms. The van der Waals surface area contributed by atoms with Gasteiger partial charge in [0.05, 0.1) is 11.4 Å². The van der Waals surface area contributed by atoms with E-state index in [1.165, 1.54) is 16.8 Å². The zero-order valence-corrected chi connectivity index (χ0v) is 17.6. The highest BCUT2D eigenvalue weighted by atomic mass is 16.2. The van der Waals surface area contributed by atoms with Crippen LogP contribution in [0.2, 0.25) is 0 Å². The molecule has 1 aromatic carbocycles. The number of benzene rings is 1. The van der Waals surface area contributed by atoms with Crippen molar-refractivity contribution in [1.82, 2.24) is 29.8 Å². The van der Waals surface area contributed by atoms with Crippen LogP contribution < -0.4 is 0 Å². The second-order valence-electron chi connectivity index (χ2n) is 8.54. The third-order valence-electron chi connectivity index (χ3n) is 6.38. The summed E-state index contributed by atoms with van der Waals surface area (Å²) in [5, 5.41) is 12.3. The Morgan fingerprint density at radius 1 is 1.23 bits per heavy atom. The first kappa shape index (κ1) is 19.1. The van der Waals surface area contributed by atoms with E-state index in [0.717, 1.165) is 57.0 Å². The van der Waals surface area contributed by atoms with Gasteiger partial charge >= 0.3 is 0 Å². The van der Waals surface area contributed by atoms with Gasteiger partial charge in [0.2, 0.25) is 0 Å². The number of aryl methyl sites for hydroxylation is 2. The summed E-state index contributed by atoms with van der Waals surface area (Å²) in [5.74, 6) is 0.357. The molecular weight excluding hydrogens is 376 g/mol. The maximum atomic E-state index is 13.0. The highest BCUT2D eigenvalue weighted by Gasteiger charge is 2.34. The van der Waals surface area contributed by atoms with Crippen molar-refractivity contribution in [3.63, 3.8) is 0 Å². The Hall–Kier alpha value is -2.93. The van der Waals surface area contributed by atoms with Gasteiger partial charge in [0.25, 0.3) is 5.91 Å². The lowest BCUT2D eigenvalue weighted by Gasteiger charge is -2.27. The quantitative estimate of drug-likeness (QED) is 0.726. The number of carbonyl (C=O) groups excluding carboxylic acids is 1. The lowest BCUT2D eigenvalue weighted by atomic mass is 9.96. The smallest absolute Gasteiger partial charge is 0.272 e. The highest BCUT2D eigenvalue weighted by Crippen LogP contribution is 2.33. The van der Waals surface area contributed by atoms with Crippen LogP contribution >= 0.6 is 0 Å². The van der Waals surface area contributed by atoms with Crippen molar-refractivity contribution < 1.29 is 4.79 Å². The first-order chi connectivity index (χ1) is 14.6. The van der Waals surface area contributed by atoms with E-state index in [2.05, 4.69) is 45.4 Å². The van der Waals surface area contributed by atoms with Crippen LogP contribution in [0.3, 0.4) is 0 Å². The standard InChI is InChI=1S/C23H28N6O/c1-16-12-21(27(2)26-16)23(30)29-11-8-18(14-29)22-19-15-28(10-9-20(19)24-25-22)13-17-6-4-3-5-7-17/h3-7,12,18H,8-11,13-15H2,1-2H3,(H,24,25). The van der Waals surface area contributed by atoms with Crippen molar-refractivity contribution in [1.29, 1.82) is 0 Å². The molecule has 7 heteroatoms. The summed E-state index contributed by atoms with van der Waals surface area (Å²) < 4.78 is 1.68. The Balaban J connectivity index is 1.29. The van der Waals surface area contributed by atoms with Crippen molar-refractivity contribution in [2.24, 2.45) is 7.05 Å². The predicted octanol–water partition coefficient (Wildman–Crippen LogP) is 2.64. The fourth-order valence-electron chi connectivity index (χ4n) is 4.83. The number of H-pyrrole nitrogens is 1. The van der Waals surface area contributed by atoms with Gasteiger partial charge in [-0.05, 0) is 25.0 Å². The van der Waals surface area contributed by atoms with Crippen LogP contribution in [0, 0.1) is 6.92 Å². The molecule has 1 fully saturated rings. The number of likely N-dealkylation sites (tertiary alicyclic amines) is 1. The lowest BCUT2D eigenvalue weighted by molar-refractivity contribution is 0.0779. The van der Waals surface area contributed by atoms with Gasteiger partial charge in [-0.15, -0.1) is 0 Å². The second kappa shape index (κ2) is 7.72. The maximum absolute atomic E-state index is 13.0. The molecule has 30 heavy (non-hydrogen) atoms. The topological polar surface area (TPSA) is 70.1 Å². The average Bonchev–Trinajstić information content (AvgIpc) is 3.46. The molecule has 1 N–H and O–H groups in total. The summed E-state index contributed by atoms with van der Waals surface area (Å²) >= 11 is 0. The molecule has 1 atom stereocenters. The number of nitrogens with zero attached hydrogens (tertiary/aromatic N) is 5. The fraction of sp³-hybridized carbons (Fsp3) is 0.435. The number of fused-ring (bicyclic) bond motifs is 1. The first-order valence-corrected chi connectivity index (χ1v) is 10.7. The van der Waals surface area contributed by atoms with Crippen LogP contribution in [0.5, 0.6) is 0 Å². The van der Waals surface area contributed by atoms with Crippen LogP contribution in [0.1, 0.15) is 51.0 Å². The number of amides is 1. The van der Waals surface area contributed by atoms with E-state index in [1.807, 2.05) is 24.9 Å². The van der Waals surface area contributed by atoms with Crippen molar-refractivity contribution >= 4 is 5.91 Å². The van der Waals surface area contributed by atoms with E-state index in [9.17, 15) is 4.79 Å². The van der Waals surface area contributed by atoms with Gasteiger partial charge in [0, 0.05) is 63.4 Å². The molecule has 2 aliphatic rings. The molecular formula is C23H28N6O. The van der Waals surface area contributed by atoms with Gasteiger partial charge < -0.3 is 4.90 Å². The second-order valence-corrected chi connectivity index (χ2v) is 8.54. The maximum Gasteiger partial charge on any atom is 0.272 e. The zero-order valence-electron chi connectivity index (χ0n) is 17.6. The number of rotatable bonds is 4. The third-order valence-corrected chi connectivity index (χ3v) is 6.38. The Morgan fingerprint density at radius 3 is 2.83 bits per heavy atom. The van der Waals surface area contributed by atoms with Gasteiger partial charge in [-0.25, -0.2) is 0 Å². The van der Waals surface area contributed by atoms with Gasteiger partial charge in [0.1, 0.15) is 5.69 Å². The van der Waals surface area contributed by atoms with Gasteiger partial charge in [-0.2, -0.15) is 10.2 Å². The van der Waals surface area contributed by atoms with E-state index >= 15 is 0 Å². The lowest BCUT2D eigenvalue weighted by Crippen LogP contribution is -2.31. The summed E-state index contributed by atoms with van der Waals surface area (Å²) in [4.78, 5) is 17.4. The van der Waals surface area contributed by atoms with Crippen LogP contribution in [-0.4, -0.2) is 55.3 Å². The molecule has 7 nitrogen and oxygen atoms in total. The summed E-state index contributed by atoms with van der Waals surface area (Å²) in [6, 6.07) is 12.5. The zero-order chi connectivity index (χ0) is 20.7. The summed E-state index contributed by atoms with van der Waals surface area (Å²) in [6.07, 6.45) is 1.96. The summed E-state index contributed by atoms with van der Waals surface area (Å²) in [5.41, 5.74) is 6.63. The number of hydrogen-bond donors (Lipinski definition) is 1. The molecule has 1 saturated heterocycles. The molecule has 1 unspecified atom stereocenters. The van der Waals surface area contributed by atoms with Gasteiger partial charge in [-0.3, -0.25) is 19.5 Å². The minimum Gasteiger partial charge on any atom is -0.337 e. The summed E-state index contributed by atoms with van der Waals surface area (Å²) in [7, 11) is 1.83. The Morgan fingerprint density at radius 2 is 2.07 bits per heavy atom. The predicted molar refractivity (Wildman–Crippen MR) is 114 cm³/mol. The molecule has 0 aliphatic carbocycles. The Bertz CT molecular complexity index is 1050. The van der Waals surface area contributed by atoms with Crippen molar-refractivity contribution in [3.05, 3.63) is 70.3 Å². The normalized spacial score (nSPS) is 19.3. The molecule has 2 aliphatic heterocycles. The Kier molecular flexibility index (Phi) is 4.90. The number of nitrogens with one attached hydrogen (secondary N) is 1. The van der Waals surface area contributed by atoms with Crippen LogP contribution in [-0.2, 0) is 26.6 Å². The fourth-order valence-corrected chi connectivity index (χ4v) is 4.83. The molecule has 4 heterocycles. The van der Waals surface area contributed by atoms with Gasteiger partial charge in [-0.1, -0.05) is 30.3 Å². The molecule has 5 rings (SSSR count). The monoisotopic (exact) mass is 404 g/mol. The number of aromatic amines is 1. The molecule has 0 radical (unpaired) electrons. The van der Waals surface area contributed by atoms with E-state index in [4.69, 9.17) is 5.10 Å². The third kappa shape index (κ3) is 3.54. The molecule has 2 aromatic heterocycles. The molecule has 0 spiro atoms. The summed E-state index contributed by atoms with van der Waals surface area (Å²) in [6.45, 7) is 6.32. The van der Waals surface area contributed by atoms with E-state index < -0.39 is 0 Å². The van der Waals surface area contributed by atoms with Crippen molar-refractivity contribution in [3.8, 4) is 0 Å². The van der Waals surface area contributed by atoms with E-state index in [-0.39, 0.29) is 5.91 Å². The first-order valence-electron chi connectivity index (χ1n) is 10.7. The minimum absolute atomic E-state index is 0.0655. The molecule has 0 saturated carbocycles. The highest BCUT2D eigenvalue weighted by molar-refractivity contribution is 5.93. The van der Waals surface area contributed by atoms with Crippen LogP contribution in [0.15, 0.2) is 36.4 Å². The van der Waals surface area contributed by atoms with Crippen LogP contribution in [0.25, 0.3) is 0 Å². The molecule has 1 amide bonds. The number of hydrogen-bond acceptors (Lipinski definition) is 4. The van der Waals surface area contributed by atoms with Gasteiger partial charge in [0.15, 0.2) is 0 Å².